The summed E-state index contributed by atoms with van der Waals surface area (Å²) in [5.41, 5.74) is 2.08. The van der Waals surface area contributed by atoms with E-state index < -0.39 is 0 Å². The third-order valence-electron chi connectivity index (χ3n) is 2.72. The summed E-state index contributed by atoms with van der Waals surface area (Å²) in [6.45, 7) is 2.53. The summed E-state index contributed by atoms with van der Waals surface area (Å²) in [5, 5.41) is 10.0. The highest BCUT2D eigenvalue weighted by Crippen LogP contribution is 2.18. The Bertz CT molecular complexity index is 707. The number of nitrogens with zero attached hydrogens (tertiary/aromatic N) is 4. The van der Waals surface area contributed by atoms with Crippen LogP contribution in [-0.4, -0.2) is 19.7 Å². The number of thiazole rings is 1. The lowest BCUT2D eigenvalue weighted by atomic mass is 10.2. The van der Waals surface area contributed by atoms with Gasteiger partial charge in [-0.1, -0.05) is 0 Å². The highest BCUT2D eigenvalue weighted by atomic mass is 32.1. The number of hydrogen-bond donors (Lipinski definition) is 1. The molecule has 0 aliphatic rings. The largest absolute Gasteiger partial charge is 0.378 e. The smallest absolute Gasteiger partial charge is 0.150 e. The van der Waals surface area contributed by atoms with Crippen LogP contribution in [0.25, 0.3) is 5.69 Å². The molecule has 0 saturated heterocycles. The average molecular weight is 289 g/mol. The maximum absolute atomic E-state index is 14.0. The molecular formula is C13H12FN5S. The van der Waals surface area contributed by atoms with E-state index in [2.05, 4.69) is 20.4 Å². The van der Waals surface area contributed by atoms with Gasteiger partial charge in [0.2, 0.25) is 0 Å². The number of hydrogen-bond acceptors (Lipinski definition) is 5. The van der Waals surface area contributed by atoms with Crippen molar-refractivity contribution in [2.75, 3.05) is 5.32 Å². The first kappa shape index (κ1) is 12.7. The van der Waals surface area contributed by atoms with Crippen LogP contribution in [0.4, 0.5) is 10.1 Å². The normalized spacial score (nSPS) is 10.7. The van der Waals surface area contributed by atoms with Gasteiger partial charge in [0.25, 0.3) is 0 Å². The predicted molar refractivity (Wildman–Crippen MR) is 75.5 cm³/mol. The monoisotopic (exact) mass is 289 g/mol. The first-order valence-corrected chi connectivity index (χ1v) is 6.90. The summed E-state index contributed by atoms with van der Waals surface area (Å²) in [4.78, 5) is 8.15. The van der Waals surface area contributed by atoms with Crippen molar-refractivity contribution in [3.63, 3.8) is 0 Å². The Morgan fingerprint density at radius 2 is 2.30 bits per heavy atom. The summed E-state index contributed by atoms with van der Waals surface area (Å²) >= 11 is 1.58. The zero-order valence-electron chi connectivity index (χ0n) is 10.7. The second-order valence-electron chi connectivity index (χ2n) is 4.24. The van der Waals surface area contributed by atoms with Crippen LogP contribution in [-0.2, 0) is 6.54 Å². The minimum atomic E-state index is -0.351. The Labute approximate surface area is 119 Å². The molecule has 0 saturated carbocycles. The number of benzene rings is 1. The molecule has 0 aliphatic heterocycles. The number of aromatic nitrogens is 4. The molecule has 1 N–H and O–H groups in total. The first-order chi connectivity index (χ1) is 9.72. The molecule has 0 radical (unpaired) electrons. The zero-order chi connectivity index (χ0) is 13.9. The molecule has 0 spiro atoms. The minimum Gasteiger partial charge on any atom is -0.378 e. The molecule has 0 atom stereocenters. The van der Waals surface area contributed by atoms with Crippen LogP contribution in [0, 0.1) is 12.7 Å². The Hall–Kier alpha value is -2.28. The fraction of sp³-hybridized carbons (Fsp3) is 0.154. The number of aryl methyl sites for hydroxylation is 1. The summed E-state index contributed by atoms with van der Waals surface area (Å²) in [6.07, 6.45) is 2.83. The van der Waals surface area contributed by atoms with Crippen LogP contribution in [0.2, 0.25) is 0 Å². The van der Waals surface area contributed by atoms with Gasteiger partial charge in [-0.15, -0.1) is 11.3 Å². The molecule has 2 heterocycles. The van der Waals surface area contributed by atoms with E-state index in [1.807, 2.05) is 12.3 Å². The molecule has 5 nitrogen and oxygen atoms in total. The van der Waals surface area contributed by atoms with Gasteiger partial charge in [-0.3, -0.25) is 0 Å². The number of halogens is 1. The second-order valence-corrected chi connectivity index (χ2v) is 5.19. The number of rotatable bonds is 4. The van der Waals surface area contributed by atoms with E-state index in [1.54, 1.807) is 23.5 Å². The molecule has 3 aromatic rings. The minimum absolute atomic E-state index is 0.351. The van der Waals surface area contributed by atoms with Crippen molar-refractivity contribution in [1.82, 2.24) is 19.7 Å². The number of nitrogens with one attached hydrogen (secondary N) is 1. The first-order valence-electron chi connectivity index (χ1n) is 6.02. The lowest BCUT2D eigenvalue weighted by Crippen LogP contribution is -2.02. The molecule has 0 bridgehead atoms. The summed E-state index contributed by atoms with van der Waals surface area (Å²) in [5.74, 6) is -0.351. The van der Waals surface area contributed by atoms with Crippen LogP contribution >= 0.6 is 11.3 Å². The maximum Gasteiger partial charge on any atom is 0.150 e. The van der Waals surface area contributed by atoms with Crippen LogP contribution in [0.3, 0.4) is 0 Å². The van der Waals surface area contributed by atoms with E-state index in [-0.39, 0.29) is 5.82 Å². The maximum atomic E-state index is 14.0. The lowest BCUT2D eigenvalue weighted by molar-refractivity contribution is 0.611. The van der Waals surface area contributed by atoms with E-state index in [0.29, 0.717) is 17.9 Å². The van der Waals surface area contributed by atoms with Crippen LogP contribution < -0.4 is 5.32 Å². The van der Waals surface area contributed by atoms with Crippen molar-refractivity contribution in [1.29, 1.82) is 0 Å². The molecule has 0 amide bonds. The van der Waals surface area contributed by atoms with Crippen molar-refractivity contribution in [2.45, 2.75) is 13.5 Å². The number of anilines is 1. The highest BCUT2D eigenvalue weighted by Gasteiger charge is 2.06. The molecule has 0 aliphatic carbocycles. The molecule has 20 heavy (non-hydrogen) atoms. The summed E-state index contributed by atoms with van der Waals surface area (Å²) < 4.78 is 15.4. The quantitative estimate of drug-likeness (QED) is 0.802. The van der Waals surface area contributed by atoms with Gasteiger partial charge in [0, 0.05) is 16.8 Å². The van der Waals surface area contributed by atoms with Crippen molar-refractivity contribution in [2.24, 2.45) is 0 Å². The van der Waals surface area contributed by atoms with Gasteiger partial charge < -0.3 is 5.32 Å². The van der Waals surface area contributed by atoms with Crippen LogP contribution in [0.5, 0.6) is 0 Å². The Balaban J connectivity index is 1.74. The molecule has 3 rings (SSSR count). The van der Waals surface area contributed by atoms with Gasteiger partial charge >= 0.3 is 0 Å². The van der Waals surface area contributed by atoms with E-state index in [1.165, 1.54) is 23.4 Å². The highest BCUT2D eigenvalue weighted by molar-refractivity contribution is 7.09. The third kappa shape index (κ3) is 2.67. The molecule has 0 fully saturated rings. The van der Waals surface area contributed by atoms with Gasteiger partial charge in [-0.05, 0) is 25.1 Å². The van der Waals surface area contributed by atoms with Crippen molar-refractivity contribution in [3.05, 3.63) is 52.8 Å². The predicted octanol–water partition coefficient (Wildman–Crippen LogP) is 2.78. The van der Waals surface area contributed by atoms with E-state index >= 15 is 0 Å². The fourth-order valence-corrected chi connectivity index (χ4v) is 2.51. The molecule has 7 heteroatoms. The van der Waals surface area contributed by atoms with Gasteiger partial charge in [0.05, 0.1) is 6.54 Å². The van der Waals surface area contributed by atoms with Gasteiger partial charge in [-0.2, -0.15) is 5.10 Å². The summed E-state index contributed by atoms with van der Waals surface area (Å²) in [6, 6.07) is 4.91. The van der Waals surface area contributed by atoms with Crippen molar-refractivity contribution < 1.29 is 4.39 Å². The Morgan fingerprint density at radius 1 is 1.40 bits per heavy atom. The van der Waals surface area contributed by atoms with Crippen LogP contribution in [0.1, 0.15) is 10.7 Å². The van der Waals surface area contributed by atoms with Gasteiger partial charge in [-0.25, -0.2) is 19.0 Å². The molecule has 102 valence electrons. The van der Waals surface area contributed by atoms with Gasteiger partial charge in [0.15, 0.2) is 5.82 Å². The Kier molecular flexibility index (Phi) is 3.42. The molecule has 1 aromatic carbocycles. The van der Waals surface area contributed by atoms with E-state index in [9.17, 15) is 4.39 Å². The topological polar surface area (TPSA) is 55.6 Å². The summed E-state index contributed by atoms with van der Waals surface area (Å²) in [7, 11) is 0. The van der Waals surface area contributed by atoms with Crippen molar-refractivity contribution in [3.8, 4) is 5.69 Å². The fourth-order valence-electron chi connectivity index (χ4n) is 1.80. The standard InChI is InChI=1S/C13H12FN5S/c1-9-6-20-13(18-9)5-16-10-2-3-12(11(14)4-10)19-8-15-7-17-19/h2-4,6-8,16H,5H2,1H3. The molecular weight excluding hydrogens is 277 g/mol. The Morgan fingerprint density at radius 3 is 2.95 bits per heavy atom. The van der Waals surface area contributed by atoms with Gasteiger partial charge in [0.1, 0.15) is 23.3 Å². The van der Waals surface area contributed by atoms with E-state index in [4.69, 9.17) is 0 Å². The van der Waals surface area contributed by atoms with Crippen LogP contribution in [0.15, 0.2) is 36.2 Å². The van der Waals surface area contributed by atoms with Crippen molar-refractivity contribution >= 4 is 17.0 Å². The molecule has 2 aromatic heterocycles. The van der Waals surface area contributed by atoms with E-state index in [0.717, 1.165) is 10.7 Å². The average Bonchev–Trinajstić information content (AvgIpc) is 3.08. The zero-order valence-corrected chi connectivity index (χ0v) is 11.6. The lowest BCUT2D eigenvalue weighted by Gasteiger charge is -2.07. The SMILES string of the molecule is Cc1csc(CNc2ccc(-n3cncn3)c(F)c2)n1. The second kappa shape index (κ2) is 5.38. The third-order valence-corrected chi connectivity index (χ3v) is 3.69. The molecule has 0 unspecified atom stereocenters.